The normalized spacial score (nSPS) is 10.8. The number of aromatic nitrogens is 4. The van der Waals surface area contributed by atoms with Crippen LogP contribution in [0.4, 0.5) is 0 Å². The van der Waals surface area contributed by atoms with Crippen LogP contribution < -0.4 is 15.7 Å². The van der Waals surface area contributed by atoms with Gasteiger partial charge in [0, 0.05) is 5.56 Å². The third kappa shape index (κ3) is 3.23. The highest BCUT2D eigenvalue weighted by Crippen LogP contribution is 2.14. The molecule has 0 saturated carbocycles. The molecule has 4 rings (SSSR count). The number of para-hydroxylation sites is 1. The average Bonchev–Trinajstić information content (AvgIpc) is 3.16. The zero-order chi connectivity index (χ0) is 19.5. The first-order valence-corrected chi connectivity index (χ1v) is 8.72. The number of carbonyl (C=O) groups is 1. The second kappa shape index (κ2) is 7.36. The van der Waals surface area contributed by atoms with Crippen LogP contribution in [0.3, 0.4) is 0 Å². The molecule has 4 aromatic rings. The standard InChI is InChI=1S/C20H17N5O3/c1-2-28-16-10-8-14(9-11-16)19(26)23-24-13-21-18-17(20(24)27)12-22-25(18)15-6-4-3-5-7-15/h3-13H,2H2,1H3,(H,23,26). The Hall–Kier alpha value is -3.94. The third-order valence-corrected chi connectivity index (χ3v) is 4.14. The van der Waals surface area contributed by atoms with Crippen LogP contribution in [-0.4, -0.2) is 32.0 Å². The van der Waals surface area contributed by atoms with E-state index in [1.165, 1.54) is 12.5 Å². The van der Waals surface area contributed by atoms with E-state index in [2.05, 4.69) is 15.5 Å². The van der Waals surface area contributed by atoms with E-state index in [9.17, 15) is 9.59 Å². The minimum atomic E-state index is -0.429. The molecule has 2 aromatic carbocycles. The molecule has 0 fully saturated rings. The van der Waals surface area contributed by atoms with Crippen molar-refractivity contribution >= 4 is 16.9 Å². The highest BCUT2D eigenvalue weighted by molar-refractivity contribution is 6.00. The Morgan fingerprint density at radius 3 is 2.57 bits per heavy atom. The summed E-state index contributed by atoms with van der Waals surface area (Å²) < 4.78 is 7.99. The molecule has 0 bridgehead atoms. The fraction of sp³-hybridized carbons (Fsp3) is 0.100. The summed E-state index contributed by atoms with van der Waals surface area (Å²) in [6.45, 7) is 2.43. The lowest BCUT2D eigenvalue weighted by Crippen LogP contribution is -2.33. The van der Waals surface area contributed by atoms with Crippen molar-refractivity contribution in [1.29, 1.82) is 0 Å². The third-order valence-electron chi connectivity index (χ3n) is 4.14. The maximum Gasteiger partial charge on any atom is 0.283 e. The summed E-state index contributed by atoms with van der Waals surface area (Å²) in [5.41, 5.74) is 3.74. The van der Waals surface area contributed by atoms with Crippen molar-refractivity contribution < 1.29 is 9.53 Å². The highest BCUT2D eigenvalue weighted by Gasteiger charge is 2.13. The van der Waals surface area contributed by atoms with E-state index in [1.54, 1.807) is 28.9 Å². The molecule has 0 atom stereocenters. The van der Waals surface area contributed by atoms with E-state index < -0.39 is 11.5 Å². The van der Waals surface area contributed by atoms with Crippen LogP contribution in [0, 0.1) is 0 Å². The fourth-order valence-electron chi connectivity index (χ4n) is 2.79. The Bertz CT molecular complexity index is 1180. The van der Waals surface area contributed by atoms with Crippen LogP contribution in [0.15, 0.2) is 71.9 Å². The molecule has 0 unspecified atom stereocenters. The number of benzene rings is 2. The van der Waals surface area contributed by atoms with Crippen LogP contribution in [0.25, 0.3) is 16.7 Å². The summed E-state index contributed by atoms with van der Waals surface area (Å²) in [5.74, 6) is 0.245. The van der Waals surface area contributed by atoms with Gasteiger partial charge >= 0.3 is 0 Å². The number of rotatable bonds is 5. The van der Waals surface area contributed by atoms with Crippen molar-refractivity contribution in [2.45, 2.75) is 6.92 Å². The van der Waals surface area contributed by atoms with Crippen molar-refractivity contribution in [2.24, 2.45) is 0 Å². The zero-order valence-corrected chi connectivity index (χ0v) is 15.1. The lowest BCUT2D eigenvalue weighted by molar-refractivity contribution is 0.101. The first kappa shape index (κ1) is 17.5. The summed E-state index contributed by atoms with van der Waals surface area (Å²) in [4.78, 5) is 29.4. The van der Waals surface area contributed by atoms with Gasteiger partial charge in [-0.15, -0.1) is 0 Å². The minimum Gasteiger partial charge on any atom is -0.494 e. The second-order valence-corrected chi connectivity index (χ2v) is 5.95. The molecule has 1 N–H and O–H groups in total. The Balaban J connectivity index is 1.62. The smallest absolute Gasteiger partial charge is 0.283 e. The topological polar surface area (TPSA) is 91.0 Å². The van der Waals surface area contributed by atoms with Crippen molar-refractivity contribution in [2.75, 3.05) is 12.0 Å². The second-order valence-electron chi connectivity index (χ2n) is 5.95. The van der Waals surface area contributed by atoms with Gasteiger partial charge in [0.15, 0.2) is 5.65 Å². The molecule has 1 amide bonds. The van der Waals surface area contributed by atoms with Gasteiger partial charge < -0.3 is 4.74 Å². The van der Waals surface area contributed by atoms with Crippen LogP contribution >= 0.6 is 0 Å². The van der Waals surface area contributed by atoms with Gasteiger partial charge in [-0.1, -0.05) is 18.2 Å². The van der Waals surface area contributed by atoms with E-state index in [1.807, 2.05) is 37.3 Å². The monoisotopic (exact) mass is 375 g/mol. The average molecular weight is 375 g/mol. The molecule has 0 radical (unpaired) electrons. The summed E-state index contributed by atoms with van der Waals surface area (Å²) in [7, 11) is 0. The quantitative estimate of drug-likeness (QED) is 0.578. The number of amides is 1. The van der Waals surface area contributed by atoms with Crippen molar-refractivity contribution in [3.8, 4) is 11.4 Å². The first-order valence-electron chi connectivity index (χ1n) is 8.72. The minimum absolute atomic E-state index is 0.304. The molecule has 2 heterocycles. The molecule has 8 nitrogen and oxygen atoms in total. The molecule has 8 heteroatoms. The number of nitrogens with zero attached hydrogens (tertiary/aromatic N) is 4. The number of carbonyl (C=O) groups excluding carboxylic acids is 1. The van der Waals surface area contributed by atoms with E-state index in [0.29, 0.717) is 29.0 Å². The van der Waals surface area contributed by atoms with Gasteiger partial charge in [-0.25, -0.2) is 14.3 Å². The molecule has 0 saturated heterocycles. The van der Waals surface area contributed by atoms with Crippen LogP contribution in [0.1, 0.15) is 17.3 Å². The summed E-state index contributed by atoms with van der Waals surface area (Å²) in [6.07, 6.45) is 2.72. The van der Waals surface area contributed by atoms with E-state index in [4.69, 9.17) is 4.74 Å². The van der Waals surface area contributed by atoms with Crippen molar-refractivity contribution in [1.82, 2.24) is 19.4 Å². The predicted molar refractivity (Wildman–Crippen MR) is 104 cm³/mol. The van der Waals surface area contributed by atoms with Gasteiger partial charge in [-0.3, -0.25) is 15.0 Å². The molecule has 0 aliphatic heterocycles. The molecular formula is C20H17N5O3. The van der Waals surface area contributed by atoms with E-state index in [-0.39, 0.29) is 0 Å². The summed E-state index contributed by atoms with van der Waals surface area (Å²) in [5, 5.41) is 4.55. The molecule has 0 aliphatic rings. The lowest BCUT2D eigenvalue weighted by Gasteiger charge is -2.09. The van der Waals surface area contributed by atoms with Gasteiger partial charge in [0.1, 0.15) is 17.5 Å². The zero-order valence-electron chi connectivity index (χ0n) is 15.1. The Kier molecular flexibility index (Phi) is 4.59. The number of nitrogens with one attached hydrogen (secondary N) is 1. The molecule has 0 aliphatic carbocycles. The maximum atomic E-state index is 12.7. The van der Waals surface area contributed by atoms with Crippen LogP contribution in [0.2, 0.25) is 0 Å². The molecule has 140 valence electrons. The first-order chi connectivity index (χ1) is 13.7. The van der Waals surface area contributed by atoms with Gasteiger partial charge in [-0.2, -0.15) is 5.10 Å². The molecule has 28 heavy (non-hydrogen) atoms. The SMILES string of the molecule is CCOc1ccc(C(=O)Nn2cnc3c(cnn3-c3ccccc3)c2=O)cc1. The molecule has 0 spiro atoms. The van der Waals surface area contributed by atoms with E-state index in [0.717, 1.165) is 10.4 Å². The van der Waals surface area contributed by atoms with Crippen molar-refractivity contribution in [3.05, 3.63) is 83.0 Å². The summed E-state index contributed by atoms with van der Waals surface area (Å²) in [6, 6.07) is 16.0. The van der Waals surface area contributed by atoms with Gasteiger partial charge in [0.2, 0.25) is 0 Å². The van der Waals surface area contributed by atoms with Gasteiger partial charge in [0.05, 0.1) is 18.5 Å². The van der Waals surface area contributed by atoms with Crippen LogP contribution in [0.5, 0.6) is 5.75 Å². The molecule has 2 aromatic heterocycles. The van der Waals surface area contributed by atoms with Gasteiger partial charge in [-0.05, 0) is 43.3 Å². The van der Waals surface area contributed by atoms with Crippen LogP contribution in [-0.2, 0) is 0 Å². The fourth-order valence-corrected chi connectivity index (χ4v) is 2.79. The highest BCUT2D eigenvalue weighted by atomic mass is 16.5. The number of ether oxygens (including phenoxy) is 1. The number of hydrogen-bond donors (Lipinski definition) is 1. The van der Waals surface area contributed by atoms with Crippen molar-refractivity contribution in [3.63, 3.8) is 0 Å². The number of hydrogen-bond acceptors (Lipinski definition) is 5. The lowest BCUT2D eigenvalue weighted by atomic mass is 10.2. The summed E-state index contributed by atoms with van der Waals surface area (Å²) >= 11 is 0. The maximum absolute atomic E-state index is 12.7. The molecular weight excluding hydrogens is 358 g/mol. The predicted octanol–water partition coefficient (Wildman–Crippen LogP) is 2.36. The largest absolute Gasteiger partial charge is 0.494 e. The van der Waals surface area contributed by atoms with Gasteiger partial charge in [0.25, 0.3) is 11.5 Å². The van der Waals surface area contributed by atoms with E-state index >= 15 is 0 Å². The Morgan fingerprint density at radius 2 is 1.86 bits per heavy atom. The Labute approximate surface area is 160 Å². The Morgan fingerprint density at radius 1 is 1.11 bits per heavy atom. The number of fused-ring (bicyclic) bond motifs is 1.